The van der Waals surface area contributed by atoms with Crippen LogP contribution in [0.15, 0.2) is 74.3 Å². The maximum absolute atomic E-state index is 12.2. The number of hydrogen-bond acceptors (Lipinski definition) is 6. The number of hydrogen-bond donors (Lipinski definition) is 1. The summed E-state index contributed by atoms with van der Waals surface area (Å²) >= 11 is 7.43. The molecule has 0 spiro atoms. The van der Waals surface area contributed by atoms with Crippen LogP contribution < -0.4 is 11.1 Å². The number of fused-ring (bicyclic) bond motifs is 1. The number of nitrogens with one attached hydrogen (secondary N) is 1. The van der Waals surface area contributed by atoms with E-state index in [-0.39, 0.29) is 0 Å². The Kier molecular flexibility index (Phi) is 4.51. The Morgan fingerprint density at radius 2 is 1.96 bits per heavy atom. The molecule has 2 aromatic heterocycles. The number of halogens is 1. The van der Waals surface area contributed by atoms with Gasteiger partial charge in [0.2, 0.25) is 5.13 Å². The van der Waals surface area contributed by atoms with Gasteiger partial charge in [-0.1, -0.05) is 48.0 Å². The minimum Gasteiger partial charge on any atom is -0.422 e. The van der Waals surface area contributed by atoms with Crippen molar-refractivity contribution in [3.05, 3.63) is 81.0 Å². The first-order valence-corrected chi connectivity index (χ1v) is 8.99. The van der Waals surface area contributed by atoms with Gasteiger partial charge in [0.15, 0.2) is 0 Å². The van der Waals surface area contributed by atoms with E-state index < -0.39 is 5.63 Å². The Morgan fingerprint density at radius 3 is 2.85 bits per heavy atom. The van der Waals surface area contributed by atoms with Crippen LogP contribution in [0.2, 0.25) is 5.02 Å². The number of thiazole rings is 1. The Bertz CT molecular complexity index is 1170. The molecule has 0 amide bonds. The van der Waals surface area contributed by atoms with E-state index in [0.29, 0.717) is 27.0 Å². The highest BCUT2D eigenvalue weighted by Crippen LogP contribution is 2.25. The summed E-state index contributed by atoms with van der Waals surface area (Å²) < 4.78 is 5.35. The van der Waals surface area contributed by atoms with Gasteiger partial charge in [0, 0.05) is 21.4 Å². The van der Waals surface area contributed by atoms with Crippen LogP contribution >= 0.6 is 22.9 Å². The predicted octanol–water partition coefficient (Wildman–Crippen LogP) is 5.02. The number of aromatic nitrogens is 1. The Labute approximate surface area is 157 Å². The summed E-state index contributed by atoms with van der Waals surface area (Å²) in [4.78, 5) is 16.6. The minimum atomic E-state index is -0.417. The molecular weight excluding hydrogens is 370 g/mol. The number of anilines is 1. The zero-order chi connectivity index (χ0) is 17.9. The van der Waals surface area contributed by atoms with Crippen molar-refractivity contribution in [2.75, 3.05) is 5.43 Å². The van der Waals surface area contributed by atoms with Crippen molar-refractivity contribution in [2.24, 2.45) is 5.10 Å². The molecule has 0 aliphatic heterocycles. The number of hydrazone groups is 1. The molecule has 0 radical (unpaired) electrons. The summed E-state index contributed by atoms with van der Waals surface area (Å²) in [5, 5.41) is 7.96. The molecule has 0 saturated heterocycles. The second-order valence-corrected chi connectivity index (χ2v) is 6.68. The molecule has 0 atom stereocenters. The SMILES string of the molecule is O=c1oc2ccccc2cc1-c1csc(N/N=C/c2ccccc2Cl)n1. The van der Waals surface area contributed by atoms with E-state index in [4.69, 9.17) is 16.0 Å². The van der Waals surface area contributed by atoms with Crippen LogP contribution in [0.4, 0.5) is 5.13 Å². The zero-order valence-corrected chi connectivity index (χ0v) is 14.9. The van der Waals surface area contributed by atoms with Crippen LogP contribution in [0.1, 0.15) is 5.56 Å². The van der Waals surface area contributed by atoms with Gasteiger partial charge in [-0.15, -0.1) is 11.3 Å². The highest BCUT2D eigenvalue weighted by Gasteiger charge is 2.11. The molecular formula is C19H12ClN3O2S. The summed E-state index contributed by atoms with van der Waals surface area (Å²) in [6.07, 6.45) is 1.62. The fourth-order valence-corrected chi connectivity index (χ4v) is 3.27. The van der Waals surface area contributed by atoms with Gasteiger partial charge >= 0.3 is 5.63 Å². The maximum atomic E-state index is 12.2. The van der Waals surface area contributed by atoms with Gasteiger partial charge in [-0.2, -0.15) is 5.10 Å². The molecule has 0 fully saturated rings. The number of benzene rings is 2. The molecule has 5 nitrogen and oxygen atoms in total. The van der Waals surface area contributed by atoms with Crippen molar-refractivity contribution in [1.82, 2.24) is 4.98 Å². The first kappa shape index (κ1) is 16.5. The van der Waals surface area contributed by atoms with E-state index in [1.165, 1.54) is 11.3 Å². The highest BCUT2D eigenvalue weighted by atomic mass is 35.5. The van der Waals surface area contributed by atoms with Gasteiger partial charge < -0.3 is 4.42 Å². The monoisotopic (exact) mass is 381 g/mol. The Hall–Kier alpha value is -2.96. The molecule has 4 aromatic rings. The van der Waals surface area contributed by atoms with Crippen molar-refractivity contribution >= 4 is 45.3 Å². The Morgan fingerprint density at radius 1 is 1.15 bits per heavy atom. The summed E-state index contributed by atoms with van der Waals surface area (Å²) in [7, 11) is 0. The third kappa shape index (κ3) is 3.37. The lowest BCUT2D eigenvalue weighted by molar-refractivity contribution is 0.563. The molecule has 0 bridgehead atoms. The predicted molar refractivity (Wildman–Crippen MR) is 106 cm³/mol. The average Bonchev–Trinajstić information content (AvgIpc) is 3.11. The highest BCUT2D eigenvalue weighted by molar-refractivity contribution is 7.14. The van der Waals surface area contributed by atoms with Crippen LogP contribution in [0.5, 0.6) is 0 Å². The van der Waals surface area contributed by atoms with Crippen LogP contribution in [0.3, 0.4) is 0 Å². The fourth-order valence-electron chi connectivity index (χ4n) is 2.43. The number of nitrogens with zero attached hydrogens (tertiary/aromatic N) is 2. The lowest BCUT2D eigenvalue weighted by Crippen LogP contribution is -2.02. The van der Waals surface area contributed by atoms with Crippen molar-refractivity contribution in [1.29, 1.82) is 0 Å². The Balaban J connectivity index is 1.58. The standard InChI is InChI=1S/C19H12ClN3O2S/c20-15-7-3-1-6-13(15)10-21-23-19-22-16(11-26-19)14-9-12-5-2-4-8-17(12)25-18(14)24/h1-11H,(H,22,23)/b21-10+. The molecule has 1 N–H and O–H groups in total. The molecule has 2 aromatic carbocycles. The molecule has 26 heavy (non-hydrogen) atoms. The van der Waals surface area contributed by atoms with Crippen LogP contribution in [-0.2, 0) is 0 Å². The molecule has 0 unspecified atom stereocenters. The molecule has 0 aliphatic carbocycles. The third-order valence-corrected chi connectivity index (χ3v) is 4.78. The fraction of sp³-hybridized carbons (Fsp3) is 0. The first-order chi connectivity index (χ1) is 12.7. The maximum Gasteiger partial charge on any atom is 0.345 e. The van der Waals surface area contributed by atoms with Crippen molar-refractivity contribution in [3.8, 4) is 11.3 Å². The normalized spacial score (nSPS) is 11.3. The summed E-state index contributed by atoms with van der Waals surface area (Å²) in [5.41, 5.74) is 4.76. The van der Waals surface area contributed by atoms with Gasteiger partial charge in [0.25, 0.3) is 0 Å². The quantitative estimate of drug-likeness (QED) is 0.306. The summed E-state index contributed by atoms with van der Waals surface area (Å²) in [6, 6.07) is 16.6. The van der Waals surface area contributed by atoms with Crippen LogP contribution in [0, 0.1) is 0 Å². The molecule has 4 rings (SSSR count). The van der Waals surface area contributed by atoms with Gasteiger partial charge in [-0.3, -0.25) is 5.43 Å². The number of rotatable bonds is 4. The lowest BCUT2D eigenvalue weighted by atomic mass is 10.1. The van der Waals surface area contributed by atoms with Gasteiger partial charge in [-0.25, -0.2) is 9.78 Å². The molecule has 7 heteroatoms. The topological polar surface area (TPSA) is 67.5 Å². The van der Waals surface area contributed by atoms with Crippen LogP contribution in [-0.4, -0.2) is 11.2 Å². The second kappa shape index (κ2) is 7.11. The molecule has 2 heterocycles. The molecule has 128 valence electrons. The van der Waals surface area contributed by atoms with Crippen molar-refractivity contribution < 1.29 is 4.42 Å². The van der Waals surface area contributed by atoms with Crippen molar-refractivity contribution in [2.45, 2.75) is 0 Å². The lowest BCUT2D eigenvalue weighted by Gasteiger charge is -1.99. The van der Waals surface area contributed by atoms with Gasteiger partial charge in [0.05, 0.1) is 17.5 Å². The smallest absolute Gasteiger partial charge is 0.345 e. The zero-order valence-electron chi connectivity index (χ0n) is 13.3. The summed E-state index contributed by atoms with van der Waals surface area (Å²) in [6.45, 7) is 0. The minimum absolute atomic E-state index is 0.417. The average molecular weight is 382 g/mol. The number of para-hydroxylation sites is 1. The van der Waals surface area contributed by atoms with Gasteiger partial charge in [-0.05, 0) is 18.2 Å². The summed E-state index contributed by atoms with van der Waals surface area (Å²) in [5.74, 6) is 0. The van der Waals surface area contributed by atoms with Gasteiger partial charge in [0.1, 0.15) is 5.58 Å². The molecule has 0 aliphatic rings. The van der Waals surface area contributed by atoms with E-state index in [1.807, 2.05) is 36.4 Å². The van der Waals surface area contributed by atoms with E-state index in [2.05, 4.69) is 15.5 Å². The molecule has 0 saturated carbocycles. The van der Waals surface area contributed by atoms with E-state index in [9.17, 15) is 4.79 Å². The van der Waals surface area contributed by atoms with Crippen LogP contribution in [0.25, 0.3) is 22.2 Å². The largest absolute Gasteiger partial charge is 0.422 e. The first-order valence-electron chi connectivity index (χ1n) is 7.73. The van der Waals surface area contributed by atoms with Crippen molar-refractivity contribution in [3.63, 3.8) is 0 Å². The van der Waals surface area contributed by atoms with E-state index in [1.54, 1.807) is 29.8 Å². The third-order valence-electron chi connectivity index (χ3n) is 3.69. The second-order valence-electron chi connectivity index (χ2n) is 5.41. The van der Waals surface area contributed by atoms with E-state index in [0.717, 1.165) is 10.9 Å². The van der Waals surface area contributed by atoms with E-state index >= 15 is 0 Å².